The van der Waals surface area contributed by atoms with Crippen LogP contribution in [0, 0.1) is 0 Å². The van der Waals surface area contributed by atoms with Crippen LogP contribution in [0.5, 0.6) is 0 Å². The maximum absolute atomic E-state index is 12.9. The van der Waals surface area contributed by atoms with Crippen molar-refractivity contribution in [3.63, 3.8) is 0 Å². The van der Waals surface area contributed by atoms with Crippen LogP contribution in [-0.2, 0) is 11.3 Å². The van der Waals surface area contributed by atoms with E-state index < -0.39 is 11.8 Å². The molecule has 3 amide bonds. The highest BCUT2D eigenvalue weighted by Gasteiger charge is 2.25. The molecule has 1 aliphatic rings. The normalized spacial score (nSPS) is 14.1. The first-order chi connectivity index (χ1) is 18.2. The molecule has 1 aromatic heterocycles. The molecule has 0 bridgehead atoms. The van der Waals surface area contributed by atoms with E-state index in [1.165, 1.54) is 24.4 Å². The standard InChI is InChI=1S/C26H25Cl3N6O3/c1-2-22(36)31-18-5-3-4-15(10-18)14-35-8-6-17(7-9-35)32-26(38)24-21(13-30-34-24)33-25(37)23-19(28)11-16(27)12-20(23)29/h2-5,10-13,17H,1,6-9,14H2,(H,30,34)(H,31,36)(H,32,38)(H,33,37). The number of carbonyl (C=O) groups is 3. The highest BCUT2D eigenvalue weighted by Crippen LogP contribution is 2.30. The van der Waals surface area contributed by atoms with Gasteiger partial charge >= 0.3 is 0 Å². The third kappa shape index (κ3) is 6.93. The molecule has 1 fully saturated rings. The molecule has 12 heteroatoms. The molecule has 0 radical (unpaired) electrons. The Labute approximate surface area is 234 Å². The van der Waals surface area contributed by atoms with Crippen LogP contribution in [0.15, 0.2) is 55.3 Å². The maximum atomic E-state index is 12.9. The number of halogens is 3. The van der Waals surface area contributed by atoms with Crippen molar-refractivity contribution in [1.29, 1.82) is 0 Å². The van der Waals surface area contributed by atoms with Gasteiger partial charge in [-0.2, -0.15) is 5.10 Å². The predicted octanol–water partition coefficient (Wildman–Crippen LogP) is 5.14. The number of nitrogens with zero attached hydrogens (tertiary/aromatic N) is 2. The fourth-order valence-corrected chi connectivity index (χ4v) is 5.18. The molecule has 0 aliphatic carbocycles. The van der Waals surface area contributed by atoms with E-state index in [-0.39, 0.29) is 38.9 Å². The molecule has 198 valence electrons. The van der Waals surface area contributed by atoms with Crippen LogP contribution < -0.4 is 16.0 Å². The van der Waals surface area contributed by atoms with Gasteiger partial charge in [-0.3, -0.25) is 24.4 Å². The lowest BCUT2D eigenvalue weighted by Crippen LogP contribution is -2.44. The third-order valence-electron chi connectivity index (χ3n) is 6.05. The molecule has 4 N–H and O–H groups in total. The van der Waals surface area contributed by atoms with Gasteiger partial charge in [-0.1, -0.05) is 53.5 Å². The first kappa shape index (κ1) is 27.7. The maximum Gasteiger partial charge on any atom is 0.274 e. The van der Waals surface area contributed by atoms with Crippen LogP contribution >= 0.6 is 34.8 Å². The van der Waals surface area contributed by atoms with Gasteiger partial charge in [0, 0.05) is 42.6 Å². The lowest BCUT2D eigenvalue weighted by atomic mass is 10.0. The molecule has 2 aromatic carbocycles. The number of carbonyl (C=O) groups excluding carboxylic acids is 3. The van der Waals surface area contributed by atoms with Crippen molar-refractivity contribution in [3.8, 4) is 0 Å². The van der Waals surface area contributed by atoms with Crippen molar-refractivity contribution in [2.45, 2.75) is 25.4 Å². The molecular weight excluding hydrogens is 551 g/mol. The fraction of sp³-hybridized carbons (Fsp3) is 0.231. The van der Waals surface area contributed by atoms with Crippen LogP contribution in [0.25, 0.3) is 0 Å². The predicted molar refractivity (Wildman–Crippen MR) is 149 cm³/mol. The Morgan fingerprint density at radius 2 is 1.76 bits per heavy atom. The van der Waals surface area contributed by atoms with Gasteiger partial charge in [-0.15, -0.1) is 0 Å². The summed E-state index contributed by atoms with van der Waals surface area (Å²) < 4.78 is 0. The number of piperidine rings is 1. The average Bonchev–Trinajstić information content (AvgIpc) is 3.33. The average molecular weight is 576 g/mol. The fourth-order valence-electron chi connectivity index (χ4n) is 4.19. The molecule has 0 unspecified atom stereocenters. The number of hydrogen-bond acceptors (Lipinski definition) is 5. The van der Waals surface area contributed by atoms with E-state index in [0.717, 1.165) is 43.7 Å². The first-order valence-electron chi connectivity index (χ1n) is 11.8. The molecular formula is C26H25Cl3N6O3. The van der Waals surface area contributed by atoms with Gasteiger partial charge in [0.05, 0.1) is 21.3 Å². The van der Waals surface area contributed by atoms with Crippen LogP contribution in [-0.4, -0.2) is 52.0 Å². The highest BCUT2D eigenvalue weighted by atomic mass is 35.5. The summed E-state index contributed by atoms with van der Waals surface area (Å²) in [6.45, 7) is 5.76. The molecule has 0 spiro atoms. The minimum absolute atomic E-state index is 0.0441. The zero-order valence-electron chi connectivity index (χ0n) is 20.2. The Morgan fingerprint density at radius 3 is 2.45 bits per heavy atom. The Morgan fingerprint density at radius 1 is 1.05 bits per heavy atom. The number of benzene rings is 2. The summed E-state index contributed by atoms with van der Waals surface area (Å²) in [5.74, 6) is -1.25. The minimum Gasteiger partial charge on any atom is -0.348 e. The largest absolute Gasteiger partial charge is 0.348 e. The second kappa shape index (κ2) is 12.4. The lowest BCUT2D eigenvalue weighted by Gasteiger charge is -2.32. The number of nitrogens with one attached hydrogen (secondary N) is 4. The van der Waals surface area contributed by atoms with Crippen molar-refractivity contribution in [2.24, 2.45) is 0 Å². The number of likely N-dealkylation sites (tertiary alicyclic amines) is 1. The third-order valence-corrected chi connectivity index (χ3v) is 6.86. The molecule has 4 rings (SSSR count). The molecule has 1 saturated heterocycles. The van der Waals surface area contributed by atoms with E-state index >= 15 is 0 Å². The smallest absolute Gasteiger partial charge is 0.274 e. The zero-order valence-corrected chi connectivity index (χ0v) is 22.5. The molecule has 3 aromatic rings. The Bertz CT molecular complexity index is 1340. The van der Waals surface area contributed by atoms with Crippen molar-refractivity contribution in [3.05, 3.63) is 87.1 Å². The number of aromatic nitrogens is 2. The molecule has 0 saturated carbocycles. The summed E-state index contributed by atoms with van der Waals surface area (Å²) in [6, 6.07) is 10.5. The van der Waals surface area contributed by atoms with E-state index in [1.807, 2.05) is 24.3 Å². The zero-order chi connectivity index (χ0) is 27.2. The Balaban J connectivity index is 1.31. The first-order valence-corrected chi connectivity index (χ1v) is 12.9. The second-order valence-electron chi connectivity index (χ2n) is 8.76. The lowest BCUT2D eigenvalue weighted by molar-refractivity contribution is -0.111. The van der Waals surface area contributed by atoms with Crippen molar-refractivity contribution in [2.75, 3.05) is 23.7 Å². The minimum atomic E-state index is -0.589. The van der Waals surface area contributed by atoms with Gasteiger partial charge < -0.3 is 16.0 Å². The highest BCUT2D eigenvalue weighted by molar-refractivity contribution is 6.42. The molecule has 1 aliphatic heterocycles. The van der Waals surface area contributed by atoms with Gasteiger partial charge in [0.25, 0.3) is 11.8 Å². The van der Waals surface area contributed by atoms with Crippen molar-refractivity contribution in [1.82, 2.24) is 20.4 Å². The van der Waals surface area contributed by atoms with Crippen LogP contribution in [0.3, 0.4) is 0 Å². The quantitative estimate of drug-likeness (QED) is 0.277. The summed E-state index contributed by atoms with van der Waals surface area (Å²) in [5.41, 5.74) is 2.10. The van der Waals surface area contributed by atoms with Crippen LogP contribution in [0.4, 0.5) is 11.4 Å². The van der Waals surface area contributed by atoms with Gasteiger partial charge in [0.2, 0.25) is 5.91 Å². The number of H-pyrrole nitrogens is 1. The van der Waals surface area contributed by atoms with Gasteiger partial charge in [0.15, 0.2) is 5.69 Å². The monoisotopic (exact) mass is 574 g/mol. The van der Waals surface area contributed by atoms with E-state index in [9.17, 15) is 14.4 Å². The summed E-state index contributed by atoms with van der Waals surface area (Å²) >= 11 is 18.2. The van der Waals surface area contributed by atoms with Gasteiger partial charge in [0.1, 0.15) is 0 Å². The molecule has 38 heavy (non-hydrogen) atoms. The number of rotatable bonds is 8. The number of amides is 3. The van der Waals surface area contributed by atoms with Crippen LogP contribution in [0.1, 0.15) is 39.3 Å². The Hall–Kier alpha value is -3.37. The summed E-state index contributed by atoms with van der Waals surface area (Å²) in [6.07, 6.45) is 4.15. The Kier molecular flexibility index (Phi) is 9.06. The van der Waals surface area contributed by atoms with E-state index in [1.54, 1.807) is 0 Å². The summed E-state index contributed by atoms with van der Waals surface area (Å²) in [7, 11) is 0. The van der Waals surface area contributed by atoms with Crippen LogP contribution in [0.2, 0.25) is 15.1 Å². The van der Waals surface area contributed by atoms with E-state index in [0.29, 0.717) is 5.02 Å². The topological polar surface area (TPSA) is 119 Å². The number of hydrogen-bond donors (Lipinski definition) is 4. The van der Waals surface area contributed by atoms with Crippen molar-refractivity contribution >= 4 is 63.9 Å². The number of aromatic amines is 1. The molecule has 9 nitrogen and oxygen atoms in total. The van der Waals surface area contributed by atoms with Gasteiger partial charge in [-0.25, -0.2) is 0 Å². The summed E-state index contributed by atoms with van der Waals surface area (Å²) in [5, 5.41) is 15.5. The van der Waals surface area contributed by atoms with Gasteiger partial charge in [-0.05, 0) is 48.7 Å². The number of anilines is 2. The van der Waals surface area contributed by atoms with E-state index in [2.05, 4.69) is 37.6 Å². The molecule has 2 heterocycles. The second-order valence-corrected chi connectivity index (χ2v) is 10.0. The SMILES string of the molecule is C=CC(=O)Nc1cccc(CN2CCC(NC(=O)c3n[nH]cc3NC(=O)c3c(Cl)cc(Cl)cc3Cl)CC2)c1. The summed E-state index contributed by atoms with van der Waals surface area (Å²) in [4.78, 5) is 39.6. The van der Waals surface area contributed by atoms with Crippen molar-refractivity contribution < 1.29 is 14.4 Å². The molecule has 0 atom stereocenters. The van der Waals surface area contributed by atoms with E-state index in [4.69, 9.17) is 34.8 Å².